The van der Waals surface area contributed by atoms with Gasteiger partial charge in [-0.05, 0) is 73.5 Å². The van der Waals surface area contributed by atoms with Crippen LogP contribution < -0.4 is 5.36 Å². The van der Waals surface area contributed by atoms with Gasteiger partial charge in [0.1, 0.15) is 4.90 Å². The van der Waals surface area contributed by atoms with Gasteiger partial charge in [0.25, 0.3) is 20.2 Å². The summed E-state index contributed by atoms with van der Waals surface area (Å²) >= 11 is 1.45. The van der Waals surface area contributed by atoms with E-state index in [4.69, 9.17) is 15.2 Å². The number of hydrogen-bond acceptors (Lipinski definition) is 10. The summed E-state index contributed by atoms with van der Waals surface area (Å²) in [6.45, 7) is 1.88. The van der Waals surface area contributed by atoms with E-state index in [-0.39, 0.29) is 18.9 Å². The first-order valence-electron chi connectivity index (χ1n) is 11.9. The number of benzene rings is 3. The fourth-order valence-electron chi connectivity index (χ4n) is 4.11. The molecule has 2 aliphatic rings. The van der Waals surface area contributed by atoms with Crippen LogP contribution in [0.1, 0.15) is 12.0 Å². The first-order chi connectivity index (χ1) is 18.5. The summed E-state index contributed by atoms with van der Waals surface area (Å²) in [5.74, 6) is 0. The molecule has 14 heteroatoms. The zero-order valence-corrected chi connectivity index (χ0v) is 23.1. The Balaban J connectivity index is 1.65. The van der Waals surface area contributed by atoms with E-state index in [2.05, 4.69) is 4.99 Å². The van der Waals surface area contributed by atoms with Gasteiger partial charge in [0.2, 0.25) is 0 Å². The number of aliphatic hydroxyl groups is 2. The Hall–Kier alpha value is -2.82. The number of rotatable bonds is 11. The molecular weight excluding hydrogens is 566 g/mol. The van der Waals surface area contributed by atoms with Crippen molar-refractivity contribution < 1.29 is 36.2 Å². The van der Waals surface area contributed by atoms with Crippen LogP contribution >= 0.6 is 11.3 Å². The van der Waals surface area contributed by atoms with E-state index >= 15 is 0 Å². The van der Waals surface area contributed by atoms with Crippen LogP contribution in [0.5, 0.6) is 0 Å². The molecule has 0 aromatic heterocycles. The normalized spacial score (nSPS) is 13.1. The lowest BCUT2D eigenvalue weighted by molar-refractivity contribution is 0.160. The van der Waals surface area contributed by atoms with Crippen LogP contribution in [0.4, 0.5) is 5.69 Å². The van der Waals surface area contributed by atoms with Crippen molar-refractivity contribution in [2.45, 2.75) is 22.6 Å². The Bertz CT molecular complexity index is 1730. The lowest BCUT2D eigenvalue weighted by atomic mass is 10.1. The highest BCUT2D eigenvalue weighted by molar-refractivity contribution is 7.86. The number of aliphatic hydroxyl groups excluding tert-OH is 2. The molecule has 2 aromatic carbocycles. The minimum atomic E-state index is -4.71. The smallest absolute Gasteiger partial charge is 0.296 e. The molecule has 4 rings (SSSR count). The van der Waals surface area contributed by atoms with Crippen LogP contribution in [0.15, 0.2) is 69.4 Å². The predicted molar refractivity (Wildman–Crippen MR) is 146 cm³/mol. The monoisotopic (exact) mass is 593 g/mol. The van der Waals surface area contributed by atoms with E-state index in [0.29, 0.717) is 24.1 Å². The lowest BCUT2D eigenvalue weighted by Gasteiger charge is -2.19. The third kappa shape index (κ3) is 7.43. The molecular formula is C25H27N3O8S3. The number of aromatic nitrogens is 1. The average molecular weight is 594 g/mol. The Morgan fingerprint density at radius 3 is 2.26 bits per heavy atom. The number of aryl methyl sites for hydroxylation is 1. The van der Waals surface area contributed by atoms with Gasteiger partial charge >= 0.3 is 0 Å². The van der Waals surface area contributed by atoms with E-state index < -0.39 is 30.0 Å². The summed E-state index contributed by atoms with van der Waals surface area (Å²) in [4.78, 5) is 10.6. The zero-order valence-electron chi connectivity index (χ0n) is 20.6. The third-order valence-corrected chi connectivity index (χ3v) is 8.82. The fraction of sp³-hybridized carbons (Fsp3) is 0.280. The molecule has 1 aliphatic carbocycles. The summed E-state index contributed by atoms with van der Waals surface area (Å²) in [7, 11) is -9.34. The third-order valence-electron chi connectivity index (χ3n) is 5.96. The molecule has 0 saturated carbocycles. The van der Waals surface area contributed by atoms with Gasteiger partial charge in [-0.2, -0.15) is 16.8 Å². The Kier molecular flexibility index (Phi) is 9.08. The molecule has 0 radical (unpaired) electrons. The Labute approximate surface area is 229 Å². The molecule has 208 valence electrons. The summed E-state index contributed by atoms with van der Waals surface area (Å²) in [5, 5.41) is 18.6. The molecule has 4 N–H and O–H groups in total. The van der Waals surface area contributed by atoms with Gasteiger partial charge in [-0.1, -0.05) is 6.07 Å². The molecule has 0 amide bonds. The maximum atomic E-state index is 11.8. The van der Waals surface area contributed by atoms with E-state index in [1.54, 1.807) is 18.2 Å². The topological polar surface area (TPSA) is 178 Å². The second kappa shape index (κ2) is 12.1. The van der Waals surface area contributed by atoms with E-state index in [1.165, 1.54) is 11.3 Å². The average Bonchev–Trinajstić information content (AvgIpc) is 2.86. The van der Waals surface area contributed by atoms with Crippen molar-refractivity contribution in [3.63, 3.8) is 0 Å². The van der Waals surface area contributed by atoms with Crippen molar-refractivity contribution in [2.75, 3.05) is 32.8 Å². The molecule has 0 spiro atoms. The lowest BCUT2D eigenvalue weighted by Crippen LogP contribution is -2.31. The molecule has 1 aliphatic heterocycles. The molecule has 39 heavy (non-hydrogen) atoms. The van der Waals surface area contributed by atoms with Gasteiger partial charge in [-0.3, -0.25) is 14.0 Å². The maximum absolute atomic E-state index is 11.8. The quantitative estimate of drug-likeness (QED) is 0.149. The highest BCUT2D eigenvalue weighted by Gasteiger charge is 2.19. The van der Waals surface area contributed by atoms with E-state index in [1.807, 2.05) is 23.1 Å². The molecule has 0 atom stereocenters. The summed E-state index contributed by atoms with van der Waals surface area (Å²) < 4.78 is 66.5. The summed E-state index contributed by atoms with van der Waals surface area (Å²) in [6, 6.07) is 13.6. The first kappa shape index (κ1) is 29.2. The van der Waals surface area contributed by atoms with Crippen LogP contribution in [0.2, 0.25) is 0 Å². The second-order valence-corrected chi connectivity index (χ2v) is 12.6. The van der Waals surface area contributed by atoms with Crippen molar-refractivity contribution >= 4 is 47.5 Å². The Morgan fingerprint density at radius 2 is 1.59 bits per heavy atom. The largest absolute Gasteiger partial charge is 0.395 e. The van der Waals surface area contributed by atoms with E-state index in [9.17, 15) is 25.9 Å². The summed E-state index contributed by atoms with van der Waals surface area (Å²) in [5.41, 5.74) is 2.26. The minimum Gasteiger partial charge on any atom is -0.395 e. The van der Waals surface area contributed by atoms with Gasteiger partial charge in [0.15, 0.2) is 0 Å². The van der Waals surface area contributed by atoms with Crippen LogP contribution in [0, 0.1) is 0 Å². The van der Waals surface area contributed by atoms with Crippen LogP contribution in [-0.2, 0) is 26.7 Å². The predicted octanol–water partition coefficient (Wildman–Crippen LogP) is 2.35. The van der Waals surface area contributed by atoms with Crippen LogP contribution in [-0.4, -0.2) is 78.9 Å². The fourth-order valence-corrected chi connectivity index (χ4v) is 6.20. The molecule has 0 unspecified atom stereocenters. The maximum Gasteiger partial charge on any atom is 0.296 e. The second-order valence-electron chi connectivity index (χ2n) is 8.75. The molecule has 0 saturated heterocycles. The van der Waals surface area contributed by atoms with Gasteiger partial charge in [0, 0.05) is 13.1 Å². The highest BCUT2D eigenvalue weighted by atomic mass is 32.2. The SMILES string of the molecule is O=S(=O)(O)c1ccc(S(=O)(=O)O)c(N=c2ccc3nc4cc(CCCN(CCO)CCO)ccc4sc-3c2)c1. The summed E-state index contributed by atoms with van der Waals surface area (Å²) in [6.07, 6.45) is 1.67. The first-order valence-corrected chi connectivity index (χ1v) is 15.6. The van der Waals surface area contributed by atoms with E-state index in [0.717, 1.165) is 58.2 Å². The van der Waals surface area contributed by atoms with Gasteiger partial charge in [-0.15, -0.1) is 11.3 Å². The van der Waals surface area contributed by atoms with Gasteiger partial charge < -0.3 is 10.2 Å². The van der Waals surface area contributed by atoms with Crippen LogP contribution in [0.3, 0.4) is 0 Å². The van der Waals surface area contributed by atoms with Crippen molar-refractivity contribution in [3.05, 3.63) is 65.5 Å². The molecule has 2 aromatic rings. The zero-order chi connectivity index (χ0) is 28.2. The van der Waals surface area contributed by atoms with Crippen molar-refractivity contribution in [2.24, 2.45) is 4.99 Å². The molecule has 0 fully saturated rings. The van der Waals surface area contributed by atoms with Crippen molar-refractivity contribution in [1.29, 1.82) is 0 Å². The number of hydrogen-bond donors (Lipinski definition) is 4. The van der Waals surface area contributed by atoms with Crippen molar-refractivity contribution in [1.82, 2.24) is 9.88 Å². The number of nitrogens with zero attached hydrogens (tertiary/aromatic N) is 3. The van der Waals surface area contributed by atoms with Crippen molar-refractivity contribution in [3.8, 4) is 10.6 Å². The molecule has 11 nitrogen and oxygen atoms in total. The standard InChI is InChI=1S/C25H27N3O8S3/c29-12-10-28(11-13-30)9-1-2-17-3-7-23-21(14-17)27-20-6-4-18(15-24(20)37-23)26-22-16-19(38(31,32)33)5-8-25(22)39(34,35)36/h3-8,14-16,29-30H,1-2,9-13H2,(H,31,32,33)(H,34,35,36). The Morgan fingerprint density at radius 1 is 0.846 bits per heavy atom. The minimum absolute atomic E-state index is 0.0437. The molecule has 0 bridgehead atoms. The van der Waals surface area contributed by atoms with Gasteiger partial charge in [0.05, 0.1) is 49.9 Å². The molecule has 1 heterocycles. The highest BCUT2D eigenvalue weighted by Crippen LogP contribution is 2.31. The number of fused-ring (bicyclic) bond motifs is 2. The van der Waals surface area contributed by atoms with Crippen LogP contribution in [0.25, 0.3) is 20.8 Å². The van der Waals surface area contributed by atoms with Gasteiger partial charge in [-0.25, -0.2) is 9.98 Å².